The minimum absolute atomic E-state index is 0.0867. The van der Waals surface area contributed by atoms with Crippen molar-refractivity contribution in [3.63, 3.8) is 0 Å². The first-order valence-electron chi connectivity index (χ1n) is 6.86. The average Bonchev–Trinajstić information content (AvgIpc) is 2.97. The Morgan fingerprint density at radius 3 is 2.80 bits per heavy atom. The molecule has 5 heteroatoms. The standard InChI is InChI=1S/C15H18ClN3S/c1-11-8-17-14(18-9-11)19-5-3-4-15(19,2)7-13-6-12(16)10-20-13/h6,8-10H,3-5,7H2,1-2H3. The molecule has 0 radical (unpaired) electrons. The van der Waals surface area contributed by atoms with Gasteiger partial charge in [0.05, 0.1) is 5.02 Å². The first-order valence-corrected chi connectivity index (χ1v) is 8.12. The molecule has 3 rings (SSSR count). The fourth-order valence-electron chi connectivity index (χ4n) is 2.90. The molecule has 1 aliphatic heterocycles. The zero-order chi connectivity index (χ0) is 14.2. The van der Waals surface area contributed by atoms with E-state index in [4.69, 9.17) is 11.6 Å². The molecule has 1 unspecified atom stereocenters. The molecule has 0 spiro atoms. The van der Waals surface area contributed by atoms with Gasteiger partial charge in [0.15, 0.2) is 0 Å². The number of hydrogen-bond acceptors (Lipinski definition) is 4. The van der Waals surface area contributed by atoms with Crippen LogP contribution in [0.4, 0.5) is 5.95 Å². The van der Waals surface area contributed by atoms with Crippen molar-refractivity contribution in [2.45, 2.75) is 38.6 Å². The molecule has 0 N–H and O–H groups in total. The van der Waals surface area contributed by atoms with E-state index >= 15 is 0 Å². The highest BCUT2D eigenvalue weighted by atomic mass is 35.5. The topological polar surface area (TPSA) is 29.0 Å². The first-order chi connectivity index (χ1) is 9.57. The molecule has 3 nitrogen and oxygen atoms in total. The van der Waals surface area contributed by atoms with Gasteiger partial charge in [0, 0.05) is 41.2 Å². The highest BCUT2D eigenvalue weighted by molar-refractivity contribution is 7.10. The number of aryl methyl sites for hydroxylation is 1. The maximum atomic E-state index is 6.03. The third-order valence-electron chi connectivity index (χ3n) is 3.93. The van der Waals surface area contributed by atoms with Crippen LogP contribution in [0, 0.1) is 6.92 Å². The van der Waals surface area contributed by atoms with Crippen LogP contribution >= 0.6 is 22.9 Å². The Balaban J connectivity index is 1.85. The summed E-state index contributed by atoms with van der Waals surface area (Å²) in [6, 6.07) is 2.07. The number of halogens is 1. The highest BCUT2D eigenvalue weighted by Gasteiger charge is 2.38. The molecule has 1 fully saturated rings. The van der Waals surface area contributed by atoms with E-state index in [-0.39, 0.29) is 5.54 Å². The quantitative estimate of drug-likeness (QED) is 0.855. The van der Waals surface area contributed by atoms with Crippen molar-refractivity contribution in [1.82, 2.24) is 9.97 Å². The Bertz CT molecular complexity index is 595. The second-order valence-electron chi connectivity index (χ2n) is 5.72. The van der Waals surface area contributed by atoms with Crippen LogP contribution in [0.5, 0.6) is 0 Å². The summed E-state index contributed by atoms with van der Waals surface area (Å²) in [6.45, 7) is 5.34. The van der Waals surface area contributed by atoms with Gasteiger partial charge in [0.25, 0.3) is 0 Å². The fraction of sp³-hybridized carbons (Fsp3) is 0.467. The lowest BCUT2D eigenvalue weighted by molar-refractivity contribution is 0.462. The van der Waals surface area contributed by atoms with E-state index in [0.29, 0.717) is 0 Å². The van der Waals surface area contributed by atoms with Gasteiger partial charge in [-0.1, -0.05) is 11.6 Å². The van der Waals surface area contributed by atoms with Crippen molar-refractivity contribution in [1.29, 1.82) is 0 Å². The van der Waals surface area contributed by atoms with Gasteiger partial charge in [-0.2, -0.15) is 0 Å². The maximum Gasteiger partial charge on any atom is 0.225 e. The molecule has 0 amide bonds. The van der Waals surface area contributed by atoms with Gasteiger partial charge in [-0.15, -0.1) is 11.3 Å². The summed E-state index contributed by atoms with van der Waals surface area (Å²) in [5, 5.41) is 2.84. The average molecular weight is 308 g/mol. The second-order valence-corrected chi connectivity index (χ2v) is 7.15. The lowest BCUT2D eigenvalue weighted by atomic mass is 9.94. The lowest BCUT2D eigenvalue weighted by Crippen LogP contribution is -2.43. The number of aromatic nitrogens is 2. The summed E-state index contributed by atoms with van der Waals surface area (Å²) in [5.74, 6) is 0.846. The van der Waals surface area contributed by atoms with Gasteiger partial charge in [-0.25, -0.2) is 9.97 Å². The molecule has 1 atom stereocenters. The van der Waals surface area contributed by atoms with Crippen LogP contribution in [0.15, 0.2) is 23.8 Å². The summed E-state index contributed by atoms with van der Waals surface area (Å²) in [5.41, 5.74) is 1.18. The molecule has 2 aromatic rings. The summed E-state index contributed by atoms with van der Waals surface area (Å²) in [7, 11) is 0. The van der Waals surface area contributed by atoms with Gasteiger partial charge in [0.1, 0.15) is 0 Å². The Kier molecular flexibility index (Phi) is 3.69. The molecule has 0 aliphatic carbocycles. The van der Waals surface area contributed by atoms with Crippen molar-refractivity contribution in [3.8, 4) is 0 Å². The Morgan fingerprint density at radius 1 is 1.40 bits per heavy atom. The number of anilines is 1. The van der Waals surface area contributed by atoms with Crippen LogP contribution in [0.25, 0.3) is 0 Å². The molecular weight excluding hydrogens is 290 g/mol. The predicted molar refractivity (Wildman–Crippen MR) is 84.8 cm³/mol. The summed E-state index contributed by atoms with van der Waals surface area (Å²) >= 11 is 7.77. The van der Waals surface area contributed by atoms with Crippen molar-refractivity contribution < 1.29 is 0 Å². The van der Waals surface area contributed by atoms with E-state index < -0.39 is 0 Å². The zero-order valence-corrected chi connectivity index (χ0v) is 13.3. The molecule has 0 bridgehead atoms. The van der Waals surface area contributed by atoms with Crippen LogP contribution in [-0.2, 0) is 6.42 Å². The monoisotopic (exact) mass is 307 g/mol. The van der Waals surface area contributed by atoms with Gasteiger partial charge < -0.3 is 4.90 Å². The SMILES string of the molecule is Cc1cnc(N2CCCC2(C)Cc2cc(Cl)cs2)nc1. The zero-order valence-electron chi connectivity index (χ0n) is 11.8. The van der Waals surface area contributed by atoms with E-state index in [1.165, 1.54) is 17.7 Å². The van der Waals surface area contributed by atoms with E-state index in [2.05, 4.69) is 27.9 Å². The number of hydrogen-bond donors (Lipinski definition) is 0. The molecule has 0 aromatic carbocycles. The van der Waals surface area contributed by atoms with E-state index in [1.807, 2.05) is 24.7 Å². The normalized spacial score (nSPS) is 22.4. The smallest absolute Gasteiger partial charge is 0.225 e. The number of thiophene rings is 1. The van der Waals surface area contributed by atoms with Gasteiger partial charge in [-0.3, -0.25) is 0 Å². The molecule has 20 heavy (non-hydrogen) atoms. The molecule has 1 saturated heterocycles. The van der Waals surface area contributed by atoms with Gasteiger partial charge in [-0.05, 0) is 38.3 Å². The highest BCUT2D eigenvalue weighted by Crippen LogP contribution is 2.36. The van der Waals surface area contributed by atoms with Crippen molar-refractivity contribution in [3.05, 3.63) is 39.3 Å². The van der Waals surface area contributed by atoms with Crippen molar-refractivity contribution in [2.24, 2.45) is 0 Å². The fourth-order valence-corrected chi connectivity index (χ4v) is 4.15. The lowest BCUT2D eigenvalue weighted by Gasteiger charge is -2.35. The summed E-state index contributed by atoms with van der Waals surface area (Å²) in [6.07, 6.45) is 7.14. The largest absolute Gasteiger partial charge is 0.335 e. The third-order valence-corrected chi connectivity index (χ3v) is 5.22. The molecule has 0 saturated carbocycles. The van der Waals surface area contributed by atoms with Crippen molar-refractivity contribution >= 4 is 28.9 Å². The van der Waals surface area contributed by atoms with E-state index in [0.717, 1.165) is 29.5 Å². The molecule has 1 aliphatic rings. The summed E-state index contributed by atoms with van der Waals surface area (Å²) < 4.78 is 0. The maximum absolute atomic E-state index is 6.03. The Labute approximate surface area is 128 Å². The van der Waals surface area contributed by atoms with Crippen LogP contribution in [0.2, 0.25) is 5.02 Å². The van der Waals surface area contributed by atoms with Crippen LogP contribution in [0.1, 0.15) is 30.2 Å². The van der Waals surface area contributed by atoms with Gasteiger partial charge >= 0.3 is 0 Å². The third kappa shape index (κ3) is 2.67. The molecule has 106 valence electrons. The van der Waals surface area contributed by atoms with Crippen LogP contribution < -0.4 is 4.90 Å². The van der Waals surface area contributed by atoms with Crippen molar-refractivity contribution in [2.75, 3.05) is 11.4 Å². The van der Waals surface area contributed by atoms with Crippen LogP contribution in [-0.4, -0.2) is 22.1 Å². The van der Waals surface area contributed by atoms with E-state index in [1.54, 1.807) is 11.3 Å². The predicted octanol–water partition coefficient (Wildman–Crippen LogP) is 4.10. The first kappa shape index (κ1) is 13.8. The van der Waals surface area contributed by atoms with E-state index in [9.17, 15) is 0 Å². The van der Waals surface area contributed by atoms with Gasteiger partial charge in [0.2, 0.25) is 5.95 Å². The minimum atomic E-state index is 0.0867. The number of nitrogens with zero attached hydrogens (tertiary/aromatic N) is 3. The molecule has 2 aromatic heterocycles. The number of rotatable bonds is 3. The Hall–Kier alpha value is -1.13. The minimum Gasteiger partial charge on any atom is -0.335 e. The second kappa shape index (κ2) is 5.34. The summed E-state index contributed by atoms with van der Waals surface area (Å²) in [4.78, 5) is 12.7. The molecule has 3 heterocycles. The van der Waals surface area contributed by atoms with Crippen LogP contribution in [0.3, 0.4) is 0 Å². The molecular formula is C15H18ClN3S. The Morgan fingerprint density at radius 2 is 2.15 bits per heavy atom.